The smallest absolute Gasteiger partial charge is 0.206 e. The molecule has 1 atom stereocenters. The Kier molecular flexibility index (Phi) is 4.83. The van der Waals surface area contributed by atoms with E-state index < -0.39 is 5.92 Å². The summed E-state index contributed by atoms with van der Waals surface area (Å²) < 4.78 is -0.349. The number of hydrogen-bond acceptors (Lipinski definition) is 5. The highest BCUT2D eigenvalue weighted by atomic mass is 32.2. The molecule has 0 aromatic heterocycles. The van der Waals surface area contributed by atoms with E-state index in [0.717, 1.165) is 5.56 Å². The summed E-state index contributed by atoms with van der Waals surface area (Å²) in [5, 5.41) is 3.89. The lowest BCUT2D eigenvalue weighted by Crippen LogP contribution is -2.41. The first-order valence-electron chi connectivity index (χ1n) is 6.95. The van der Waals surface area contributed by atoms with Gasteiger partial charge in [0.05, 0.1) is 0 Å². The van der Waals surface area contributed by atoms with Gasteiger partial charge in [0.25, 0.3) is 0 Å². The maximum atomic E-state index is 12.4. The number of nitrogens with zero attached hydrogens (tertiary/aromatic N) is 1. The molecule has 1 fully saturated rings. The molecular weight excluding hydrogens is 286 g/mol. The van der Waals surface area contributed by atoms with Gasteiger partial charge in [-0.15, -0.1) is 0 Å². The molecule has 1 aliphatic heterocycles. The van der Waals surface area contributed by atoms with Crippen LogP contribution in [-0.4, -0.2) is 28.0 Å². The fraction of sp³-hybridized carbons (Fsp3) is 0.438. The van der Waals surface area contributed by atoms with Crippen LogP contribution in [0.4, 0.5) is 0 Å². The van der Waals surface area contributed by atoms with E-state index in [4.69, 9.17) is 4.84 Å². The zero-order chi connectivity index (χ0) is 15.5. The third-order valence-corrected chi connectivity index (χ3v) is 4.30. The SMILES string of the molecule is CCON=C(c1ccccc1)C1C(=O)CC(C)(C)SC1=O. The van der Waals surface area contributed by atoms with Crippen molar-refractivity contribution < 1.29 is 14.4 Å². The van der Waals surface area contributed by atoms with Gasteiger partial charge in [0.15, 0.2) is 5.78 Å². The molecule has 1 saturated heterocycles. The zero-order valence-electron chi connectivity index (χ0n) is 12.5. The molecule has 0 aliphatic carbocycles. The van der Waals surface area contributed by atoms with E-state index >= 15 is 0 Å². The number of carbonyl (C=O) groups is 2. The van der Waals surface area contributed by atoms with E-state index in [1.807, 2.05) is 51.1 Å². The Bertz CT molecular complexity index is 546. The van der Waals surface area contributed by atoms with E-state index in [2.05, 4.69) is 5.16 Å². The summed E-state index contributed by atoms with van der Waals surface area (Å²) in [5.41, 5.74) is 1.16. The molecule has 5 heteroatoms. The third kappa shape index (κ3) is 3.73. The van der Waals surface area contributed by atoms with Crippen molar-refractivity contribution in [3.05, 3.63) is 35.9 Å². The number of thioether (sulfide) groups is 1. The van der Waals surface area contributed by atoms with Crippen LogP contribution < -0.4 is 0 Å². The molecule has 0 radical (unpaired) electrons. The molecule has 1 aromatic carbocycles. The number of carbonyl (C=O) groups excluding carboxylic acids is 2. The molecule has 1 unspecified atom stereocenters. The maximum absolute atomic E-state index is 12.4. The molecule has 1 heterocycles. The van der Waals surface area contributed by atoms with Crippen molar-refractivity contribution in [2.45, 2.75) is 31.9 Å². The average molecular weight is 305 g/mol. The molecule has 1 aromatic rings. The number of oxime groups is 1. The minimum Gasteiger partial charge on any atom is -0.396 e. The summed E-state index contributed by atoms with van der Waals surface area (Å²) in [6.45, 7) is 6.02. The predicted molar refractivity (Wildman–Crippen MR) is 84.4 cm³/mol. The van der Waals surface area contributed by atoms with Crippen LogP contribution in [0.5, 0.6) is 0 Å². The van der Waals surface area contributed by atoms with Crippen LogP contribution in [0, 0.1) is 5.92 Å². The second-order valence-corrected chi connectivity index (χ2v) is 7.23. The molecule has 0 amide bonds. The quantitative estimate of drug-likeness (QED) is 0.487. The normalized spacial score (nSPS) is 22.2. The summed E-state index contributed by atoms with van der Waals surface area (Å²) in [6.07, 6.45) is 0.353. The number of ketones is 1. The Morgan fingerprint density at radius 2 is 2.00 bits per heavy atom. The Morgan fingerprint density at radius 1 is 1.33 bits per heavy atom. The van der Waals surface area contributed by atoms with Gasteiger partial charge in [0, 0.05) is 16.7 Å². The lowest BCUT2D eigenvalue weighted by Gasteiger charge is -2.31. The van der Waals surface area contributed by atoms with E-state index in [0.29, 0.717) is 18.7 Å². The van der Waals surface area contributed by atoms with E-state index in [9.17, 15) is 9.59 Å². The molecule has 0 saturated carbocycles. The van der Waals surface area contributed by atoms with Gasteiger partial charge in [-0.25, -0.2) is 0 Å². The van der Waals surface area contributed by atoms with Crippen molar-refractivity contribution in [2.75, 3.05) is 6.61 Å². The van der Waals surface area contributed by atoms with E-state index in [1.54, 1.807) is 0 Å². The molecule has 1 aliphatic rings. The standard InChI is InChI=1S/C16H19NO3S/c1-4-20-17-14(11-8-6-5-7-9-11)13-12(18)10-16(2,3)21-15(13)19/h5-9,13H,4,10H2,1-3H3. The van der Waals surface area contributed by atoms with E-state index in [1.165, 1.54) is 11.8 Å². The van der Waals surface area contributed by atoms with Gasteiger partial charge in [0.2, 0.25) is 5.12 Å². The number of benzene rings is 1. The fourth-order valence-electron chi connectivity index (χ4n) is 2.30. The summed E-state index contributed by atoms with van der Waals surface area (Å²) >= 11 is 1.22. The molecule has 4 nitrogen and oxygen atoms in total. The van der Waals surface area contributed by atoms with Crippen molar-refractivity contribution in [3.8, 4) is 0 Å². The van der Waals surface area contributed by atoms with Crippen LogP contribution in [0.25, 0.3) is 0 Å². The molecule has 112 valence electrons. The van der Waals surface area contributed by atoms with Crippen LogP contribution in [0.3, 0.4) is 0 Å². The van der Waals surface area contributed by atoms with Crippen LogP contribution in [0.15, 0.2) is 35.5 Å². The first-order chi connectivity index (χ1) is 9.94. The van der Waals surface area contributed by atoms with Gasteiger partial charge in [0.1, 0.15) is 18.2 Å². The molecular formula is C16H19NO3S. The molecule has 21 heavy (non-hydrogen) atoms. The Labute approximate surface area is 128 Å². The Balaban J connectivity index is 2.38. The first-order valence-corrected chi connectivity index (χ1v) is 7.77. The van der Waals surface area contributed by atoms with Crippen LogP contribution in [0.2, 0.25) is 0 Å². The van der Waals surface area contributed by atoms with Gasteiger partial charge in [-0.1, -0.05) is 47.2 Å². The third-order valence-electron chi connectivity index (χ3n) is 3.17. The average Bonchev–Trinajstić information content (AvgIpc) is 2.41. The highest BCUT2D eigenvalue weighted by molar-refractivity contribution is 8.15. The number of rotatable bonds is 4. The topological polar surface area (TPSA) is 55.7 Å². The van der Waals surface area contributed by atoms with Gasteiger partial charge in [-0.2, -0.15) is 0 Å². The van der Waals surface area contributed by atoms with Crippen molar-refractivity contribution in [3.63, 3.8) is 0 Å². The Hall–Kier alpha value is -1.62. The second-order valence-electron chi connectivity index (χ2n) is 5.52. The molecule has 2 rings (SSSR count). The number of Topliss-reactive ketones (excluding diaryl/α,β-unsaturated/α-hetero) is 1. The minimum atomic E-state index is -0.836. The van der Waals surface area contributed by atoms with E-state index in [-0.39, 0.29) is 15.6 Å². The lowest BCUT2D eigenvalue weighted by atomic mass is 9.88. The fourth-order valence-corrected chi connectivity index (χ4v) is 3.42. The summed E-state index contributed by atoms with van der Waals surface area (Å²) in [6, 6.07) is 9.26. The predicted octanol–water partition coefficient (Wildman–Crippen LogP) is 3.05. The largest absolute Gasteiger partial charge is 0.396 e. The lowest BCUT2D eigenvalue weighted by molar-refractivity contribution is -0.127. The van der Waals surface area contributed by atoms with Gasteiger partial charge in [-0.05, 0) is 20.8 Å². The molecule has 0 spiro atoms. The summed E-state index contributed by atoms with van der Waals surface area (Å²) in [4.78, 5) is 30.0. The Morgan fingerprint density at radius 3 is 2.57 bits per heavy atom. The van der Waals surface area contributed by atoms with Crippen molar-refractivity contribution in [1.82, 2.24) is 0 Å². The maximum Gasteiger partial charge on any atom is 0.206 e. The van der Waals surface area contributed by atoms with Crippen molar-refractivity contribution in [2.24, 2.45) is 11.1 Å². The molecule has 0 N–H and O–H groups in total. The summed E-state index contributed by atoms with van der Waals surface area (Å²) in [7, 11) is 0. The zero-order valence-corrected chi connectivity index (χ0v) is 13.3. The second kappa shape index (κ2) is 6.43. The highest BCUT2D eigenvalue weighted by Crippen LogP contribution is 2.38. The van der Waals surface area contributed by atoms with Crippen LogP contribution in [0.1, 0.15) is 32.8 Å². The summed E-state index contributed by atoms with van der Waals surface area (Å²) in [5.74, 6) is -0.928. The van der Waals surface area contributed by atoms with Gasteiger partial charge in [-0.3, -0.25) is 9.59 Å². The van der Waals surface area contributed by atoms with Crippen LogP contribution in [-0.2, 0) is 14.4 Å². The monoisotopic (exact) mass is 305 g/mol. The van der Waals surface area contributed by atoms with Crippen molar-refractivity contribution >= 4 is 28.4 Å². The highest BCUT2D eigenvalue weighted by Gasteiger charge is 2.43. The minimum absolute atomic E-state index is 0.0916. The van der Waals surface area contributed by atoms with Crippen LogP contribution >= 0.6 is 11.8 Å². The first kappa shape index (κ1) is 15.8. The number of hydrogen-bond donors (Lipinski definition) is 0. The van der Waals surface area contributed by atoms with Crippen molar-refractivity contribution in [1.29, 1.82) is 0 Å². The van der Waals surface area contributed by atoms with Gasteiger partial charge >= 0.3 is 0 Å². The van der Waals surface area contributed by atoms with Gasteiger partial charge < -0.3 is 4.84 Å². The molecule has 0 bridgehead atoms.